The molecular weight excluding hydrogens is 172 g/mol. The normalized spacial score (nSPS) is 12.2. The lowest BCUT2D eigenvalue weighted by Crippen LogP contribution is -2.01. The van der Waals surface area contributed by atoms with Gasteiger partial charge in [0.1, 0.15) is 11.8 Å². The molecule has 0 spiro atoms. The molecule has 7 nitrogen and oxygen atoms in total. The van der Waals surface area contributed by atoms with Gasteiger partial charge in [-0.3, -0.25) is 4.68 Å². The fourth-order valence-electron chi connectivity index (χ4n) is 0.828. The first-order valence-electron chi connectivity index (χ1n) is 3.87. The quantitative estimate of drug-likeness (QED) is 0.420. The maximum atomic E-state index is 9.38. The van der Waals surface area contributed by atoms with Crippen molar-refractivity contribution in [2.24, 2.45) is 5.11 Å². The third-order valence-corrected chi connectivity index (χ3v) is 1.54. The molecule has 0 fully saturated rings. The molecule has 1 atom stereocenters. The first-order valence-corrected chi connectivity index (χ1v) is 3.87. The minimum absolute atomic E-state index is 0.0150. The van der Waals surface area contributed by atoms with Gasteiger partial charge in [-0.1, -0.05) is 10.3 Å². The molecule has 0 amide bonds. The summed E-state index contributed by atoms with van der Waals surface area (Å²) in [6.07, 6.45) is 0.758. The maximum absolute atomic E-state index is 9.38. The van der Waals surface area contributed by atoms with E-state index >= 15 is 0 Å². The largest absolute Gasteiger partial charge is 0.387 e. The summed E-state index contributed by atoms with van der Waals surface area (Å²) in [5.74, 6) is 0. The Morgan fingerprint density at radius 3 is 3.15 bits per heavy atom. The van der Waals surface area contributed by atoms with Crippen molar-refractivity contribution in [1.29, 1.82) is 0 Å². The van der Waals surface area contributed by atoms with Crippen LogP contribution in [0.1, 0.15) is 18.7 Å². The van der Waals surface area contributed by atoms with Gasteiger partial charge in [0.25, 0.3) is 0 Å². The van der Waals surface area contributed by atoms with Gasteiger partial charge in [0, 0.05) is 11.5 Å². The van der Waals surface area contributed by atoms with Crippen molar-refractivity contribution in [2.75, 3.05) is 6.54 Å². The second-order valence-corrected chi connectivity index (χ2v) is 2.43. The van der Waals surface area contributed by atoms with Gasteiger partial charge in [-0.05, 0) is 12.5 Å². The molecule has 0 radical (unpaired) electrons. The number of hydrogen-bond donors (Lipinski definition) is 1. The number of aromatic nitrogens is 3. The summed E-state index contributed by atoms with van der Waals surface area (Å²) >= 11 is 0. The number of aryl methyl sites for hydroxylation is 1. The Kier molecular flexibility index (Phi) is 3.24. The van der Waals surface area contributed by atoms with Gasteiger partial charge in [-0.2, -0.15) is 0 Å². The average molecular weight is 182 g/mol. The van der Waals surface area contributed by atoms with Crippen LogP contribution in [0.5, 0.6) is 0 Å². The van der Waals surface area contributed by atoms with Crippen LogP contribution in [0.2, 0.25) is 0 Å². The van der Waals surface area contributed by atoms with E-state index in [2.05, 4.69) is 20.3 Å². The Hall–Kier alpha value is -1.59. The summed E-state index contributed by atoms with van der Waals surface area (Å²) in [7, 11) is 0. The van der Waals surface area contributed by atoms with Gasteiger partial charge in [-0.15, -0.1) is 5.10 Å². The average Bonchev–Trinajstić information content (AvgIpc) is 2.62. The Morgan fingerprint density at radius 2 is 2.62 bits per heavy atom. The molecule has 0 saturated heterocycles. The molecule has 70 valence electrons. The van der Waals surface area contributed by atoms with Crippen LogP contribution < -0.4 is 0 Å². The summed E-state index contributed by atoms with van der Waals surface area (Å²) in [5, 5.41) is 20.1. The third-order valence-electron chi connectivity index (χ3n) is 1.54. The van der Waals surface area contributed by atoms with Crippen LogP contribution in [0.15, 0.2) is 11.3 Å². The van der Waals surface area contributed by atoms with E-state index in [0.717, 1.165) is 0 Å². The minimum atomic E-state index is -0.865. The highest BCUT2D eigenvalue weighted by Crippen LogP contribution is 2.08. The maximum Gasteiger partial charge on any atom is 0.111 e. The van der Waals surface area contributed by atoms with E-state index in [1.165, 1.54) is 0 Å². The molecule has 1 aromatic heterocycles. The highest BCUT2D eigenvalue weighted by Gasteiger charge is 2.09. The first-order chi connectivity index (χ1) is 6.27. The molecule has 0 bridgehead atoms. The molecule has 7 heteroatoms. The molecule has 0 saturated carbocycles. The lowest BCUT2D eigenvalue weighted by Gasteiger charge is -1.99. The third kappa shape index (κ3) is 2.43. The number of rotatable bonds is 4. The summed E-state index contributed by atoms with van der Waals surface area (Å²) in [6.45, 7) is 2.60. The number of hydrogen-bond acceptors (Lipinski definition) is 4. The lowest BCUT2D eigenvalue weighted by molar-refractivity contribution is 0.182. The van der Waals surface area contributed by atoms with E-state index in [1.54, 1.807) is 10.9 Å². The molecule has 1 N–H and O–H groups in total. The van der Waals surface area contributed by atoms with Gasteiger partial charge in [0.05, 0.1) is 12.7 Å². The zero-order valence-corrected chi connectivity index (χ0v) is 7.20. The van der Waals surface area contributed by atoms with Crippen LogP contribution in [0.3, 0.4) is 0 Å². The van der Waals surface area contributed by atoms with Crippen molar-refractivity contribution >= 4 is 0 Å². The molecule has 0 aliphatic heterocycles. The summed E-state index contributed by atoms with van der Waals surface area (Å²) in [4.78, 5) is 2.54. The fourth-order valence-corrected chi connectivity index (χ4v) is 0.828. The van der Waals surface area contributed by atoms with Crippen molar-refractivity contribution in [3.63, 3.8) is 0 Å². The first kappa shape index (κ1) is 9.50. The van der Waals surface area contributed by atoms with E-state index in [9.17, 15) is 5.11 Å². The van der Waals surface area contributed by atoms with Gasteiger partial charge in [0.2, 0.25) is 0 Å². The van der Waals surface area contributed by atoms with Crippen molar-refractivity contribution in [3.05, 3.63) is 22.3 Å². The summed E-state index contributed by atoms with van der Waals surface area (Å²) in [6, 6.07) is 0. The predicted octanol–water partition coefficient (Wildman–Crippen LogP) is 0.642. The van der Waals surface area contributed by atoms with Crippen LogP contribution in [-0.4, -0.2) is 26.6 Å². The minimum Gasteiger partial charge on any atom is -0.387 e. The molecule has 13 heavy (non-hydrogen) atoms. The lowest BCUT2D eigenvalue weighted by atomic mass is 10.3. The number of aliphatic hydroxyl groups excluding tert-OH is 1. The Morgan fingerprint density at radius 1 is 1.85 bits per heavy atom. The summed E-state index contributed by atoms with van der Waals surface area (Å²) < 4.78 is 1.59. The van der Waals surface area contributed by atoms with Gasteiger partial charge < -0.3 is 5.11 Å². The van der Waals surface area contributed by atoms with Gasteiger partial charge in [-0.25, -0.2) is 0 Å². The smallest absolute Gasteiger partial charge is 0.111 e. The van der Waals surface area contributed by atoms with Crippen molar-refractivity contribution < 1.29 is 5.11 Å². The van der Waals surface area contributed by atoms with Crippen LogP contribution in [0.25, 0.3) is 10.4 Å². The highest BCUT2D eigenvalue weighted by molar-refractivity contribution is 4.97. The zero-order valence-electron chi connectivity index (χ0n) is 7.20. The van der Waals surface area contributed by atoms with Crippen molar-refractivity contribution in [1.82, 2.24) is 15.0 Å². The standard InChI is InChI=1S/C6H10N6O/c1-2-12-4-5(9-11-12)6(13)3-8-10-7/h4,6,13H,2-3H2,1H3/t6-/m1/s1. The Bertz CT molecular complexity index is 315. The number of nitrogens with zero attached hydrogens (tertiary/aromatic N) is 6. The van der Waals surface area contributed by atoms with Crippen LogP contribution in [0.4, 0.5) is 0 Å². The molecule has 0 aromatic carbocycles. The molecule has 1 rings (SSSR count). The van der Waals surface area contributed by atoms with Crippen LogP contribution in [0, 0.1) is 0 Å². The Balaban J connectivity index is 2.65. The SMILES string of the molecule is CCn1cc([C@H](O)CN=[N+]=[N-])nn1. The van der Waals surface area contributed by atoms with Crippen molar-refractivity contribution in [2.45, 2.75) is 19.6 Å². The molecule has 1 heterocycles. The van der Waals surface area contributed by atoms with E-state index in [1.807, 2.05) is 6.92 Å². The van der Waals surface area contributed by atoms with Gasteiger partial charge >= 0.3 is 0 Å². The number of azide groups is 1. The molecule has 0 aliphatic carbocycles. The van der Waals surface area contributed by atoms with E-state index in [-0.39, 0.29) is 6.54 Å². The van der Waals surface area contributed by atoms with Crippen molar-refractivity contribution in [3.8, 4) is 0 Å². The molecule has 0 aliphatic rings. The predicted molar refractivity (Wildman–Crippen MR) is 44.7 cm³/mol. The van der Waals surface area contributed by atoms with E-state index < -0.39 is 6.10 Å². The zero-order chi connectivity index (χ0) is 9.68. The molecular formula is C6H10N6O. The van der Waals surface area contributed by atoms with Crippen LogP contribution >= 0.6 is 0 Å². The highest BCUT2D eigenvalue weighted by atomic mass is 16.3. The summed E-state index contributed by atoms with van der Waals surface area (Å²) in [5.41, 5.74) is 8.44. The topological polar surface area (TPSA) is 99.7 Å². The second kappa shape index (κ2) is 4.44. The Labute approximate surface area is 74.6 Å². The molecule has 0 unspecified atom stereocenters. The van der Waals surface area contributed by atoms with Gasteiger partial charge in [0.15, 0.2) is 0 Å². The van der Waals surface area contributed by atoms with E-state index in [0.29, 0.717) is 12.2 Å². The van der Waals surface area contributed by atoms with E-state index in [4.69, 9.17) is 5.53 Å². The van der Waals surface area contributed by atoms with Crippen LogP contribution in [-0.2, 0) is 6.54 Å². The number of aliphatic hydroxyl groups is 1. The second-order valence-electron chi connectivity index (χ2n) is 2.43. The molecule has 1 aromatic rings. The fraction of sp³-hybridized carbons (Fsp3) is 0.667. The monoisotopic (exact) mass is 182 g/mol.